The smallest absolute Gasteiger partial charge is 0.237 e. The van der Waals surface area contributed by atoms with Gasteiger partial charge in [-0.1, -0.05) is 19.1 Å². The van der Waals surface area contributed by atoms with Gasteiger partial charge >= 0.3 is 0 Å². The third-order valence-electron chi connectivity index (χ3n) is 3.77. The molecule has 0 radical (unpaired) electrons. The number of carbonyl (C=O) groups excluding carboxylic acids is 1. The lowest BCUT2D eigenvalue weighted by Crippen LogP contribution is -2.44. The number of rotatable bonds is 4. The minimum Gasteiger partial charge on any atom is -0.508 e. The number of benzene rings is 1. The highest BCUT2D eigenvalue weighted by molar-refractivity contribution is 6.27. The van der Waals surface area contributed by atoms with Crippen molar-refractivity contribution in [3.63, 3.8) is 0 Å². The number of halogens is 1. The van der Waals surface area contributed by atoms with Gasteiger partial charge in [0.15, 0.2) is 0 Å². The number of hydrogen-bond donors (Lipinski definition) is 1. The highest BCUT2D eigenvalue weighted by Gasteiger charge is 2.27. The Balaban J connectivity index is 2.17. The van der Waals surface area contributed by atoms with Crippen LogP contribution in [0.15, 0.2) is 18.2 Å². The molecular formula is C15H20ClNO2. The molecule has 1 aliphatic rings. The summed E-state index contributed by atoms with van der Waals surface area (Å²) < 4.78 is 0. The van der Waals surface area contributed by atoms with Crippen LogP contribution in [0.5, 0.6) is 5.75 Å². The number of carbonyl (C=O) groups is 1. The van der Waals surface area contributed by atoms with Crippen LogP contribution in [0.1, 0.15) is 30.9 Å². The molecule has 104 valence electrons. The molecule has 1 aromatic rings. The zero-order chi connectivity index (χ0) is 13.8. The second-order valence-corrected chi connectivity index (χ2v) is 5.30. The van der Waals surface area contributed by atoms with E-state index in [1.165, 1.54) is 0 Å². The van der Waals surface area contributed by atoms with Gasteiger partial charge in [0, 0.05) is 12.6 Å². The topological polar surface area (TPSA) is 40.5 Å². The van der Waals surface area contributed by atoms with Crippen LogP contribution in [0.25, 0.3) is 0 Å². The lowest BCUT2D eigenvalue weighted by molar-refractivity contribution is -0.131. The van der Waals surface area contributed by atoms with Gasteiger partial charge in [-0.05, 0) is 42.9 Å². The van der Waals surface area contributed by atoms with E-state index in [-0.39, 0.29) is 17.8 Å². The normalized spacial score (nSPS) is 17.9. The van der Waals surface area contributed by atoms with Crippen LogP contribution in [-0.2, 0) is 17.6 Å². The van der Waals surface area contributed by atoms with Crippen molar-refractivity contribution in [1.82, 2.24) is 4.90 Å². The molecule has 0 spiro atoms. The molecule has 0 saturated heterocycles. The first kappa shape index (κ1) is 14.2. The number of aromatic hydroxyl groups is 1. The molecule has 1 aromatic carbocycles. The van der Waals surface area contributed by atoms with Crippen LogP contribution >= 0.6 is 11.6 Å². The highest BCUT2D eigenvalue weighted by atomic mass is 35.5. The van der Waals surface area contributed by atoms with E-state index in [4.69, 9.17) is 11.6 Å². The Hall–Kier alpha value is -1.22. The molecule has 0 bridgehead atoms. The van der Waals surface area contributed by atoms with Crippen molar-refractivity contribution in [3.05, 3.63) is 29.3 Å². The van der Waals surface area contributed by atoms with E-state index in [9.17, 15) is 9.90 Å². The Kier molecular flexibility index (Phi) is 4.70. The average Bonchev–Trinajstić information content (AvgIpc) is 2.44. The summed E-state index contributed by atoms with van der Waals surface area (Å²) in [6.07, 6.45) is 3.47. The predicted octanol–water partition coefficient (Wildman–Crippen LogP) is 2.73. The molecule has 19 heavy (non-hydrogen) atoms. The molecule has 1 aliphatic carbocycles. The van der Waals surface area contributed by atoms with Crippen LogP contribution in [0.2, 0.25) is 0 Å². The first-order valence-corrected chi connectivity index (χ1v) is 7.36. The Labute approximate surface area is 119 Å². The van der Waals surface area contributed by atoms with Crippen LogP contribution in [0.3, 0.4) is 0 Å². The van der Waals surface area contributed by atoms with Gasteiger partial charge in [0.05, 0.1) is 0 Å². The lowest BCUT2D eigenvalue weighted by atomic mass is 9.87. The van der Waals surface area contributed by atoms with Gasteiger partial charge in [-0.25, -0.2) is 0 Å². The van der Waals surface area contributed by atoms with Crippen LogP contribution in [0.4, 0.5) is 0 Å². The molecule has 2 rings (SSSR count). The zero-order valence-electron chi connectivity index (χ0n) is 11.2. The summed E-state index contributed by atoms with van der Waals surface area (Å²) in [4.78, 5) is 13.8. The van der Waals surface area contributed by atoms with Crippen LogP contribution in [0, 0.1) is 0 Å². The molecule has 4 heteroatoms. The second kappa shape index (κ2) is 6.29. The van der Waals surface area contributed by atoms with Crippen molar-refractivity contribution < 1.29 is 9.90 Å². The first-order chi connectivity index (χ1) is 9.17. The maximum Gasteiger partial charge on any atom is 0.237 e. The molecule has 0 fully saturated rings. The van der Waals surface area contributed by atoms with Crippen molar-refractivity contribution in [2.45, 2.75) is 38.6 Å². The highest BCUT2D eigenvalue weighted by Crippen LogP contribution is 2.30. The Bertz CT molecular complexity index is 461. The van der Waals surface area contributed by atoms with Gasteiger partial charge in [-0.3, -0.25) is 4.79 Å². The molecule has 1 atom stereocenters. The number of alkyl halides is 1. The summed E-state index contributed by atoms with van der Waals surface area (Å²) in [5.74, 6) is 0.433. The summed E-state index contributed by atoms with van der Waals surface area (Å²) in [5.41, 5.74) is 2.19. The molecule has 0 heterocycles. The van der Waals surface area contributed by atoms with Gasteiger partial charge in [-0.15, -0.1) is 11.6 Å². The quantitative estimate of drug-likeness (QED) is 0.862. The van der Waals surface area contributed by atoms with Gasteiger partial charge in [0.2, 0.25) is 5.91 Å². The molecule has 0 aromatic heterocycles. The standard InChI is InChI=1S/C15H20ClNO2/c1-2-8-17(15(19)10-16)12-6-7-13-11(9-12)4-3-5-14(13)18/h3-5,12,18H,2,6-10H2,1H3/t12-/m0/s1. The number of phenolic OH excluding ortho intramolecular Hbond substituents is 1. The summed E-state index contributed by atoms with van der Waals surface area (Å²) >= 11 is 5.70. The number of fused-ring (bicyclic) bond motifs is 1. The third-order valence-corrected chi connectivity index (χ3v) is 4.00. The van der Waals surface area contributed by atoms with Gasteiger partial charge < -0.3 is 10.0 Å². The molecular weight excluding hydrogens is 262 g/mol. The number of nitrogens with zero attached hydrogens (tertiary/aromatic N) is 1. The van der Waals surface area contributed by atoms with E-state index in [1.54, 1.807) is 6.07 Å². The Morgan fingerprint density at radius 1 is 1.53 bits per heavy atom. The second-order valence-electron chi connectivity index (χ2n) is 5.03. The summed E-state index contributed by atoms with van der Waals surface area (Å²) in [6, 6.07) is 5.84. The lowest BCUT2D eigenvalue weighted by Gasteiger charge is -2.35. The van der Waals surface area contributed by atoms with Crippen molar-refractivity contribution >= 4 is 17.5 Å². The summed E-state index contributed by atoms with van der Waals surface area (Å²) in [7, 11) is 0. The van der Waals surface area contributed by atoms with E-state index in [0.717, 1.165) is 43.4 Å². The van der Waals surface area contributed by atoms with Crippen molar-refractivity contribution in [2.75, 3.05) is 12.4 Å². The van der Waals surface area contributed by atoms with Crippen LogP contribution < -0.4 is 0 Å². The van der Waals surface area contributed by atoms with Gasteiger partial charge in [0.25, 0.3) is 0 Å². The Morgan fingerprint density at radius 2 is 2.32 bits per heavy atom. The average molecular weight is 282 g/mol. The maximum absolute atomic E-state index is 11.9. The Morgan fingerprint density at radius 3 is 3.00 bits per heavy atom. The SMILES string of the molecule is CCCN(C(=O)CCl)[C@H]1CCc2c(O)cccc2C1. The van der Waals surface area contributed by atoms with Gasteiger partial charge in [0.1, 0.15) is 11.6 Å². The fourth-order valence-corrected chi connectivity index (χ4v) is 3.02. The van der Waals surface area contributed by atoms with Crippen molar-refractivity contribution in [2.24, 2.45) is 0 Å². The molecule has 3 nitrogen and oxygen atoms in total. The minimum atomic E-state index is 0.0112. The maximum atomic E-state index is 11.9. The van der Waals surface area contributed by atoms with E-state index < -0.39 is 0 Å². The number of phenols is 1. The largest absolute Gasteiger partial charge is 0.508 e. The zero-order valence-corrected chi connectivity index (χ0v) is 12.0. The molecule has 1 N–H and O–H groups in total. The minimum absolute atomic E-state index is 0.0112. The molecule has 0 saturated carbocycles. The fraction of sp³-hybridized carbons (Fsp3) is 0.533. The number of hydrogen-bond acceptors (Lipinski definition) is 2. The van der Waals surface area contributed by atoms with Gasteiger partial charge in [-0.2, -0.15) is 0 Å². The van der Waals surface area contributed by atoms with E-state index in [1.807, 2.05) is 17.0 Å². The molecule has 0 aliphatic heterocycles. The van der Waals surface area contributed by atoms with Crippen molar-refractivity contribution in [3.8, 4) is 5.75 Å². The third kappa shape index (κ3) is 3.03. The molecule has 1 amide bonds. The monoisotopic (exact) mass is 281 g/mol. The summed E-state index contributed by atoms with van der Waals surface area (Å²) in [5, 5.41) is 9.84. The van der Waals surface area contributed by atoms with E-state index in [2.05, 4.69) is 6.92 Å². The summed E-state index contributed by atoms with van der Waals surface area (Å²) in [6.45, 7) is 2.82. The van der Waals surface area contributed by atoms with Crippen molar-refractivity contribution in [1.29, 1.82) is 0 Å². The predicted molar refractivity (Wildman–Crippen MR) is 76.6 cm³/mol. The van der Waals surface area contributed by atoms with E-state index >= 15 is 0 Å². The number of amides is 1. The van der Waals surface area contributed by atoms with E-state index in [0.29, 0.717) is 5.75 Å². The molecule has 0 unspecified atom stereocenters. The first-order valence-electron chi connectivity index (χ1n) is 6.82. The van der Waals surface area contributed by atoms with Crippen LogP contribution in [-0.4, -0.2) is 34.4 Å². The fourth-order valence-electron chi connectivity index (χ4n) is 2.86.